The molecule has 1 aliphatic heterocycles. The molecule has 1 amide bonds. The van der Waals surface area contributed by atoms with E-state index in [-0.39, 0.29) is 5.91 Å². The third kappa shape index (κ3) is 3.08. The number of likely N-dealkylation sites (tertiary alicyclic amines) is 1. The van der Waals surface area contributed by atoms with E-state index in [2.05, 4.69) is 17.3 Å². The molecule has 18 heavy (non-hydrogen) atoms. The van der Waals surface area contributed by atoms with E-state index < -0.39 is 0 Å². The summed E-state index contributed by atoms with van der Waals surface area (Å²) < 4.78 is 0. The van der Waals surface area contributed by atoms with Gasteiger partial charge in [-0.25, -0.2) is 0 Å². The van der Waals surface area contributed by atoms with Crippen LogP contribution in [-0.2, 0) is 0 Å². The minimum atomic E-state index is -0.0611. The maximum atomic E-state index is 11.9. The lowest BCUT2D eigenvalue weighted by Gasteiger charge is -2.11. The lowest BCUT2D eigenvalue weighted by atomic mass is 10.1. The Labute approximate surface area is 107 Å². The number of rotatable bonds is 3. The molecule has 4 nitrogen and oxygen atoms in total. The monoisotopic (exact) mass is 243 g/mol. The number of benzene rings is 1. The van der Waals surface area contributed by atoms with Crippen molar-refractivity contribution in [3.05, 3.63) is 35.4 Å². The zero-order valence-corrected chi connectivity index (χ0v) is 10.5. The first-order valence-electron chi connectivity index (χ1n) is 6.16. The summed E-state index contributed by atoms with van der Waals surface area (Å²) in [5, 5.41) is 11.6. The summed E-state index contributed by atoms with van der Waals surface area (Å²) >= 11 is 0. The molecule has 2 rings (SSSR count). The van der Waals surface area contributed by atoms with Crippen LogP contribution in [0.5, 0.6) is 0 Å². The van der Waals surface area contributed by atoms with Gasteiger partial charge in [0.2, 0.25) is 0 Å². The average molecular weight is 243 g/mol. The largest absolute Gasteiger partial charge is 0.352 e. The third-order valence-electron chi connectivity index (χ3n) is 3.32. The number of hydrogen-bond donors (Lipinski definition) is 1. The Morgan fingerprint density at radius 1 is 1.50 bits per heavy atom. The minimum Gasteiger partial charge on any atom is -0.352 e. The van der Waals surface area contributed by atoms with Crippen molar-refractivity contribution in [2.75, 3.05) is 26.7 Å². The molecule has 0 aliphatic carbocycles. The molecule has 0 spiro atoms. The summed E-state index contributed by atoms with van der Waals surface area (Å²) in [5.74, 6) is 0.492. The molecule has 1 aromatic carbocycles. The molecule has 1 heterocycles. The van der Waals surface area contributed by atoms with Crippen LogP contribution in [0, 0.1) is 17.2 Å². The second-order valence-electron chi connectivity index (χ2n) is 4.82. The molecule has 0 radical (unpaired) electrons. The summed E-state index contributed by atoms with van der Waals surface area (Å²) in [6.45, 7) is 2.88. The molecule has 4 heteroatoms. The van der Waals surface area contributed by atoms with Gasteiger partial charge >= 0.3 is 0 Å². The van der Waals surface area contributed by atoms with Crippen LogP contribution in [0.25, 0.3) is 0 Å². The number of nitrogens with one attached hydrogen (secondary N) is 1. The van der Waals surface area contributed by atoms with E-state index in [1.54, 1.807) is 24.3 Å². The lowest BCUT2D eigenvalue weighted by molar-refractivity contribution is 0.0947. The molecule has 1 aliphatic rings. The highest BCUT2D eigenvalue weighted by Gasteiger charge is 2.19. The molecule has 1 fully saturated rings. The fraction of sp³-hybridized carbons (Fsp3) is 0.429. The van der Waals surface area contributed by atoms with E-state index in [9.17, 15) is 4.79 Å². The maximum absolute atomic E-state index is 11.9. The summed E-state index contributed by atoms with van der Waals surface area (Å²) in [4.78, 5) is 14.2. The standard InChI is InChI=1S/C14H17N3O/c1-17-7-6-12(10-17)9-16-14(18)13-4-2-11(8-15)3-5-13/h2-5,12H,6-7,9-10H2,1H3,(H,16,18). The Morgan fingerprint density at radius 3 is 2.78 bits per heavy atom. The van der Waals surface area contributed by atoms with Gasteiger partial charge in [-0.05, 0) is 50.2 Å². The number of amides is 1. The van der Waals surface area contributed by atoms with E-state index >= 15 is 0 Å². The van der Waals surface area contributed by atoms with Crippen molar-refractivity contribution in [3.63, 3.8) is 0 Å². The average Bonchev–Trinajstić information content (AvgIpc) is 2.82. The van der Waals surface area contributed by atoms with Gasteiger partial charge in [-0.2, -0.15) is 5.26 Å². The molecular formula is C14H17N3O. The molecule has 1 saturated heterocycles. The first-order valence-corrected chi connectivity index (χ1v) is 6.16. The number of hydrogen-bond acceptors (Lipinski definition) is 3. The highest BCUT2D eigenvalue weighted by Crippen LogP contribution is 2.13. The van der Waals surface area contributed by atoms with Gasteiger partial charge in [-0.3, -0.25) is 4.79 Å². The highest BCUT2D eigenvalue weighted by atomic mass is 16.1. The number of carbonyl (C=O) groups is 1. The second-order valence-corrected chi connectivity index (χ2v) is 4.82. The predicted octanol–water partition coefficient (Wildman–Crippen LogP) is 1.24. The van der Waals surface area contributed by atoms with Gasteiger partial charge in [0, 0.05) is 18.7 Å². The van der Waals surface area contributed by atoms with Crippen molar-refractivity contribution in [3.8, 4) is 6.07 Å². The van der Waals surface area contributed by atoms with Gasteiger partial charge in [0.05, 0.1) is 11.6 Å². The molecule has 1 atom stereocenters. The molecular weight excluding hydrogens is 226 g/mol. The molecule has 0 aromatic heterocycles. The number of nitriles is 1. The van der Waals surface area contributed by atoms with Crippen LogP contribution < -0.4 is 5.32 Å². The summed E-state index contributed by atoms with van der Waals surface area (Å²) in [7, 11) is 2.10. The normalized spacial score (nSPS) is 19.4. The van der Waals surface area contributed by atoms with Gasteiger partial charge in [-0.15, -0.1) is 0 Å². The van der Waals surface area contributed by atoms with Gasteiger partial charge in [0.1, 0.15) is 0 Å². The van der Waals surface area contributed by atoms with Crippen LogP contribution in [-0.4, -0.2) is 37.5 Å². The van der Waals surface area contributed by atoms with Crippen LogP contribution in [0.1, 0.15) is 22.3 Å². The molecule has 1 N–H and O–H groups in total. The van der Waals surface area contributed by atoms with Gasteiger partial charge in [0.15, 0.2) is 0 Å². The molecule has 1 aromatic rings. The van der Waals surface area contributed by atoms with Crippen molar-refractivity contribution in [2.45, 2.75) is 6.42 Å². The van der Waals surface area contributed by atoms with Crippen LogP contribution in [0.2, 0.25) is 0 Å². The van der Waals surface area contributed by atoms with Gasteiger partial charge in [0.25, 0.3) is 5.91 Å². The minimum absolute atomic E-state index is 0.0611. The second kappa shape index (κ2) is 5.65. The topological polar surface area (TPSA) is 56.1 Å². The smallest absolute Gasteiger partial charge is 0.251 e. The Morgan fingerprint density at radius 2 is 2.22 bits per heavy atom. The molecule has 0 saturated carbocycles. The molecule has 0 bridgehead atoms. The third-order valence-corrected chi connectivity index (χ3v) is 3.32. The zero-order valence-electron chi connectivity index (χ0n) is 10.5. The van der Waals surface area contributed by atoms with Crippen molar-refractivity contribution < 1.29 is 4.79 Å². The fourth-order valence-electron chi connectivity index (χ4n) is 2.23. The van der Waals surface area contributed by atoms with Crippen molar-refractivity contribution in [1.82, 2.24) is 10.2 Å². The molecule has 94 valence electrons. The Hall–Kier alpha value is -1.86. The molecule has 1 unspecified atom stereocenters. The lowest BCUT2D eigenvalue weighted by Crippen LogP contribution is -2.30. The summed E-state index contributed by atoms with van der Waals surface area (Å²) in [5.41, 5.74) is 1.18. The van der Waals surface area contributed by atoms with E-state index in [0.717, 1.165) is 26.1 Å². The quantitative estimate of drug-likeness (QED) is 0.869. The predicted molar refractivity (Wildman–Crippen MR) is 69.1 cm³/mol. The Bertz CT molecular complexity index is 461. The highest BCUT2D eigenvalue weighted by molar-refractivity contribution is 5.94. The number of nitrogens with zero attached hydrogens (tertiary/aromatic N) is 2. The first-order chi connectivity index (χ1) is 8.69. The van der Waals surface area contributed by atoms with Gasteiger partial charge < -0.3 is 10.2 Å². The SMILES string of the molecule is CN1CCC(CNC(=O)c2ccc(C#N)cc2)C1. The van der Waals surface area contributed by atoms with Crippen molar-refractivity contribution in [2.24, 2.45) is 5.92 Å². The Kier molecular flexibility index (Phi) is 3.96. The fourth-order valence-corrected chi connectivity index (χ4v) is 2.23. The van der Waals surface area contributed by atoms with Crippen LogP contribution >= 0.6 is 0 Å². The van der Waals surface area contributed by atoms with Crippen LogP contribution in [0.3, 0.4) is 0 Å². The van der Waals surface area contributed by atoms with Crippen molar-refractivity contribution in [1.29, 1.82) is 5.26 Å². The summed E-state index contributed by atoms with van der Waals surface area (Å²) in [6.07, 6.45) is 1.14. The Balaban J connectivity index is 1.86. The zero-order chi connectivity index (χ0) is 13.0. The number of carbonyl (C=O) groups excluding carboxylic acids is 1. The van der Waals surface area contributed by atoms with Crippen LogP contribution in [0.15, 0.2) is 24.3 Å². The van der Waals surface area contributed by atoms with E-state index in [4.69, 9.17) is 5.26 Å². The van der Waals surface area contributed by atoms with E-state index in [1.165, 1.54) is 0 Å². The van der Waals surface area contributed by atoms with Crippen LogP contribution in [0.4, 0.5) is 0 Å². The first kappa shape index (κ1) is 12.6. The van der Waals surface area contributed by atoms with E-state index in [0.29, 0.717) is 17.0 Å². The maximum Gasteiger partial charge on any atom is 0.251 e. The summed E-state index contributed by atoms with van der Waals surface area (Å²) in [6, 6.07) is 8.75. The van der Waals surface area contributed by atoms with Gasteiger partial charge in [-0.1, -0.05) is 0 Å². The van der Waals surface area contributed by atoms with Crippen molar-refractivity contribution >= 4 is 5.91 Å². The van der Waals surface area contributed by atoms with E-state index in [1.807, 2.05) is 6.07 Å².